The highest BCUT2D eigenvalue weighted by atomic mass is 32.1. The van der Waals surface area contributed by atoms with Crippen LogP contribution in [-0.2, 0) is 0 Å². The number of nitrogens with zero attached hydrogens (tertiary/aromatic N) is 2. The molecule has 0 atom stereocenters. The lowest BCUT2D eigenvalue weighted by Crippen LogP contribution is -2.09. The fraction of sp³-hybridized carbons (Fsp3) is 0.250. The Balaban J connectivity index is 2.87. The lowest BCUT2D eigenvalue weighted by molar-refractivity contribution is 1.18. The molecule has 0 aromatic carbocycles. The standard InChI is InChI=1S/C8H10N4S/c1-4-5(2)13-8-6(4)7(12-9)10-3-11-8/h3H,9H2,1-2H3,(H,10,11,12). The van der Waals surface area contributed by atoms with E-state index in [4.69, 9.17) is 5.84 Å². The minimum Gasteiger partial charge on any atom is -0.308 e. The molecule has 3 N–H and O–H groups in total. The third kappa shape index (κ3) is 1.16. The lowest BCUT2D eigenvalue weighted by Gasteiger charge is -2.00. The molecule has 0 aliphatic carbocycles. The first kappa shape index (κ1) is 8.40. The minimum absolute atomic E-state index is 0.701. The molecule has 2 heterocycles. The number of thiophene rings is 1. The van der Waals surface area contributed by atoms with Crippen LogP contribution in [0.15, 0.2) is 6.33 Å². The largest absolute Gasteiger partial charge is 0.308 e. The second kappa shape index (κ2) is 2.93. The van der Waals surface area contributed by atoms with Crippen molar-refractivity contribution < 1.29 is 0 Å². The fourth-order valence-electron chi connectivity index (χ4n) is 1.29. The quantitative estimate of drug-likeness (QED) is 0.534. The van der Waals surface area contributed by atoms with Crippen molar-refractivity contribution in [3.8, 4) is 0 Å². The van der Waals surface area contributed by atoms with Gasteiger partial charge in [0.2, 0.25) is 0 Å². The van der Waals surface area contributed by atoms with Crippen LogP contribution in [0.1, 0.15) is 10.4 Å². The van der Waals surface area contributed by atoms with Gasteiger partial charge in [-0.15, -0.1) is 11.3 Å². The van der Waals surface area contributed by atoms with Crippen molar-refractivity contribution in [1.82, 2.24) is 9.97 Å². The zero-order chi connectivity index (χ0) is 9.42. The first-order chi connectivity index (χ1) is 6.24. The molecular weight excluding hydrogens is 184 g/mol. The number of aryl methyl sites for hydroxylation is 2. The van der Waals surface area contributed by atoms with Crippen LogP contribution in [-0.4, -0.2) is 9.97 Å². The molecule has 0 aliphatic heterocycles. The predicted molar refractivity (Wildman–Crippen MR) is 54.7 cm³/mol. The van der Waals surface area contributed by atoms with Crippen molar-refractivity contribution in [3.63, 3.8) is 0 Å². The Morgan fingerprint density at radius 1 is 1.38 bits per heavy atom. The Labute approximate surface area is 79.8 Å². The van der Waals surface area contributed by atoms with Gasteiger partial charge in [-0.25, -0.2) is 15.8 Å². The van der Waals surface area contributed by atoms with Crippen molar-refractivity contribution in [2.24, 2.45) is 5.84 Å². The monoisotopic (exact) mass is 194 g/mol. The third-order valence-electron chi connectivity index (χ3n) is 2.10. The zero-order valence-corrected chi connectivity index (χ0v) is 8.27. The number of anilines is 1. The van der Waals surface area contributed by atoms with Crippen LogP contribution in [0.4, 0.5) is 5.82 Å². The molecule has 0 radical (unpaired) electrons. The topological polar surface area (TPSA) is 63.8 Å². The summed E-state index contributed by atoms with van der Waals surface area (Å²) in [4.78, 5) is 10.5. The van der Waals surface area contributed by atoms with Gasteiger partial charge in [0.1, 0.15) is 11.2 Å². The summed E-state index contributed by atoms with van der Waals surface area (Å²) in [6, 6.07) is 0. The first-order valence-corrected chi connectivity index (χ1v) is 4.73. The maximum absolute atomic E-state index is 5.36. The molecule has 2 aromatic rings. The molecule has 13 heavy (non-hydrogen) atoms. The lowest BCUT2D eigenvalue weighted by atomic mass is 10.2. The maximum Gasteiger partial charge on any atom is 0.152 e. The minimum atomic E-state index is 0.701. The van der Waals surface area contributed by atoms with Gasteiger partial charge in [-0.3, -0.25) is 0 Å². The average Bonchev–Trinajstić information content (AvgIpc) is 2.43. The van der Waals surface area contributed by atoms with Gasteiger partial charge < -0.3 is 5.43 Å². The number of hydrogen-bond donors (Lipinski definition) is 2. The number of nitrogens with one attached hydrogen (secondary N) is 1. The fourth-order valence-corrected chi connectivity index (χ4v) is 2.29. The van der Waals surface area contributed by atoms with E-state index in [-0.39, 0.29) is 0 Å². The second-order valence-electron chi connectivity index (χ2n) is 2.83. The molecule has 0 fully saturated rings. The molecular formula is C8H10N4S. The van der Waals surface area contributed by atoms with Crippen molar-refractivity contribution >= 4 is 27.4 Å². The van der Waals surface area contributed by atoms with Gasteiger partial charge in [-0.1, -0.05) is 0 Å². The van der Waals surface area contributed by atoms with E-state index in [0.717, 1.165) is 10.2 Å². The van der Waals surface area contributed by atoms with Crippen molar-refractivity contribution in [1.29, 1.82) is 0 Å². The summed E-state index contributed by atoms with van der Waals surface area (Å²) in [7, 11) is 0. The van der Waals surface area contributed by atoms with Crippen LogP contribution in [0.5, 0.6) is 0 Å². The van der Waals surface area contributed by atoms with Gasteiger partial charge in [-0.2, -0.15) is 0 Å². The highest BCUT2D eigenvalue weighted by Gasteiger charge is 2.10. The highest BCUT2D eigenvalue weighted by molar-refractivity contribution is 7.18. The highest BCUT2D eigenvalue weighted by Crippen LogP contribution is 2.31. The van der Waals surface area contributed by atoms with E-state index < -0.39 is 0 Å². The number of hydrazine groups is 1. The molecule has 0 saturated carbocycles. The first-order valence-electron chi connectivity index (χ1n) is 3.91. The van der Waals surface area contributed by atoms with E-state index in [1.54, 1.807) is 11.3 Å². The average molecular weight is 194 g/mol. The third-order valence-corrected chi connectivity index (χ3v) is 3.22. The molecule has 0 aliphatic rings. The van der Waals surface area contributed by atoms with Crippen LogP contribution in [0.3, 0.4) is 0 Å². The zero-order valence-electron chi connectivity index (χ0n) is 7.46. The molecule has 0 bridgehead atoms. The predicted octanol–water partition coefficient (Wildman–Crippen LogP) is 1.59. The van der Waals surface area contributed by atoms with Gasteiger partial charge in [0.15, 0.2) is 5.82 Å². The van der Waals surface area contributed by atoms with Crippen molar-refractivity contribution in [2.75, 3.05) is 5.43 Å². The van der Waals surface area contributed by atoms with Crippen LogP contribution >= 0.6 is 11.3 Å². The molecule has 68 valence electrons. The second-order valence-corrected chi connectivity index (χ2v) is 4.03. The number of hydrogen-bond acceptors (Lipinski definition) is 5. The van der Waals surface area contributed by atoms with Gasteiger partial charge in [0.25, 0.3) is 0 Å². The van der Waals surface area contributed by atoms with Crippen LogP contribution in [0, 0.1) is 13.8 Å². The Bertz CT molecular complexity index is 449. The number of nitrogens with two attached hydrogens (primary N) is 1. The summed E-state index contributed by atoms with van der Waals surface area (Å²) in [5, 5.41) is 1.03. The number of rotatable bonds is 1. The molecule has 5 heteroatoms. The molecule has 0 spiro atoms. The van der Waals surface area contributed by atoms with E-state index in [1.165, 1.54) is 16.8 Å². The molecule has 4 nitrogen and oxygen atoms in total. The van der Waals surface area contributed by atoms with E-state index in [1.807, 2.05) is 0 Å². The smallest absolute Gasteiger partial charge is 0.152 e. The molecule has 0 unspecified atom stereocenters. The van der Waals surface area contributed by atoms with Crippen LogP contribution in [0.2, 0.25) is 0 Å². The van der Waals surface area contributed by atoms with Crippen molar-refractivity contribution in [2.45, 2.75) is 13.8 Å². The molecule has 2 aromatic heterocycles. The Morgan fingerprint density at radius 3 is 2.85 bits per heavy atom. The number of fused-ring (bicyclic) bond motifs is 1. The van der Waals surface area contributed by atoms with E-state index in [2.05, 4.69) is 29.2 Å². The Kier molecular flexibility index (Phi) is 1.90. The SMILES string of the molecule is Cc1sc2ncnc(NN)c2c1C. The Morgan fingerprint density at radius 2 is 2.15 bits per heavy atom. The van der Waals surface area contributed by atoms with E-state index in [0.29, 0.717) is 5.82 Å². The van der Waals surface area contributed by atoms with Crippen LogP contribution in [0.25, 0.3) is 10.2 Å². The van der Waals surface area contributed by atoms with Gasteiger partial charge in [-0.05, 0) is 19.4 Å². The maximum atomic E-state index is 5.36. The molecule has 0 saturated heterocycles. The van der Waals surface area contributed by atoms with E-state index in [9.17, 15) is 0 Å². The normalized spacial score (nSPS) is 10.7. The number of nitrogen functional groups attached to an aromatic ring is 1. The van der Waals surface area contributed by atoms with E-state index >= 15 is 0 Å². The summed E-state index contributed by atoms with van der Waals surface area (Å²) in [6.07, 6.45) is 1.52. The molecule has 0 amide bonds. The Hall–Kier alpha value is -1.20. The molecule has 2 rings (SSSR count). The van der Waals surface area contributed by atoms with Gasteiger partial charge >= 0.3 is 0 Å². The number of aromatic nitrogens is 2. The van der Waals surface area contributed by atoms with Crippen molar-refractivity contribution in [3.05, 3.63) is 16.8 Å². The van der Waals surface area contributed by atoms with Gasteiger partial charge in [0.05, 0.1) is 5.39 Å². The van der Waals surface area contributed by atoms with Crippen LogP contribution < -0.4 is 11.3 Å². The van der Waals surface area contributed by atoms with Gasteiger partial charge in [0, 0.05) is 4.88 Å². The summed E-state index contributed by atoms with van der Waals surface area (Å²) < 4.78 is 0. The summed E-state index contributed by atoms with van der Waals surface area (Å²) in [5.74, 6) is 6.06. The summed E-state index contributed by atoms with van der Waals surface area (Å²) >= 11 is 1.66. The summed E-state index contributed by atoms with van der Waals surface area (Å²) in [5.41, 5.74) is 3.78. The summed E-state index contributed by atoms with van der Waals surface area (Å²) in [6.45, 7) is 4.13.